The largest absolute Gasteiger partial charge is 0.396 e. The summed E-state index contributed by atoms with van der Waals surface area (Å²) in [6, 6.07) is 0. The Morgan fingerprint density at radius 3 is 2.78 bits per heavy atom. The number of rotatable bonds is 3. The SMILES string of the molecule is Nc1nc(N2CCCC2)c2ncn(C3(O)CCCC3CO)c2n1. The number of fused-ring (bicyclic) bond motifs is 1. The van der Waals surface area contributed by atoms with Gasteiger partial charge in [-0.2, -0.15) is 9.97 Å². The van der Waals surface area contributed by atoms with E-state index >= 15 is 0 Å². The van der Waals surface area contributed by atoms with Crippen molar-refractivity contribution < 1.29 is 10.2 Å². The molecule has 2 aliphatic rings. The maximum Gasteiger partial charge on any atom is 0.224 e. The van der Waals surface area contributed by atoms with Gasteiger partial charge in [0.15, 0.2) is 17.0 Å². The molecule has 124 valence electrons. The Morgan fingerprint density at radius 1 is 1.26 bits per heavy atom. The van der Waals surface area contributed by atoms with E-state index in [4.69, 9.17) is 5.73 Å². The van der Waals surface area contributed by atoms with Crippen LogP contribution in [0.15, 0.2) is 6.33 Å². The quantitative estimate of drug-likeness (QED) is 0.752. The van der Waals surface area contributed by atoms with Gasteiger partial charge < -0.3 is 20.8 Å². The summed E-state index contributed by atoms with van der Waals surface area (Å²) < 4.78 is 1.67. The Balaban J connectivity index is 1.86. The molecular weight excluding hydrogens is 296 g/mol. The van der Waals surface area contributed by atoms with Crippen LogP contribution in [0, 0.1) is 5.92 Å². The molecule has 1 saturated heterocycles. The number of anilines is 2. The van der Waals surface area contributed by atoms with Gasteiger partial charge >= 0.3 is 0 Å². The average Bonchev–Trinajstić information content (AvgIpc) is 3.25. The van der Waals surface area contributed by atoms with Gasteiger partial charge in [0.05, 0.1) is 12.9 Å². The van der Waals surface area contributed by atoms with Crippen LogP contribution in [0.2, 0.25) is 0 Å². The van der Waals surface area contributed by atoms with Gasteiger partial charge in [-0.1, -0.05) is 0 Å². The van der Waals surface area contributed by atoms with E-state index in [1.807, 2.05) is 0 Å². The maximum absolute atomic E-state index is 11.1. The summed E-state index contributed by atoms with van der Waals surface area (Å²) in [6.07, 6.45) is 6.08. The van der Waals surface area contributed by atoms with E-state index in [0.29, 0.717) is 17.6 Å². The van der Waals surface area contributed by atoms with Gasteiger partial charge in [-0.3, -0.25) is 4.57 Å². The number of nitrogen functional groups attached to an aromatic ring is 1. The molecule has 0 bridgehead atoms. The molecule has 2 fully saturated rings. The molecule has 2 atom stereocenters. The second-order valence-corrected chi connectivity index (χ2v) is 6.54. The summed E-state index contributed by atoms with van der Waals surface area (Å²) in [5, 5.41) is 20.7. The van der Waals surface area contributed by atoms with Crippen LogP contribution in [-0.4, -0.2) is 49.4 Å². The van der Waals surface area contributed by atoms with Crippen LogP contribution in [0.3, 0.4) is 0 Å². The number of aliphatic hydroxyl groups excluding tert-OH is 1. The van der Waals surface area contributed by atoms with E-state index in [1.165, 1.54) is 0 Å². The normalized spacial score (nSPS) is 28.1. The van der Waals surface area contributed by atoms with E-state index in [1.54, 1.807) is 10.9 Å². The molecule has 2 aromatic heterocycles. The lowest BCUT2D eigenvalue weighted by Crippen LogP contribution is -2.38. The van der Waals surface area contributed by atoms with Gasteiger partial charge in [-0.15, -0.1) is 0 Å². The van der Waals surface area contributed by atoms with Crippen LogP contribution < -0.4 is 10.6 Å². The minimum absolute atomic E-state index is 0.0598. The van der Waals surface area contributed by atoms with Crippen LogP contribution in [0.4, 0.5) is 11.8 Å². The monoisotopic (exact) mass is 318 g/mol. The topological polar surface area (TPSA) is 113 Å². The summed E-state index contributed by atoms with van der Waals surface area (Å²) in [5.74, 6) is 0.709. The van der Waals surface area contributed by atoms with Crippen LogP contribution in [0.5, 0.6) is 0 Å². The van der Waals surface area contributed by atoms with E-state index < -0.39 is 5.72 Å². The molecule has 0 spiro atoms. The number of nitrogens with zero attached hydrogens (tertiary/aromatic N) is 5. The van der Waals surface area contributed by atoms with E-state index in [2.05, 4.69) is 19.9 Å². The zero-order valence-corrected chi connectivity index (χ0v) is 13.0. The molecule has 4 N–H and O–H groups in total. The number of aliphatic hydroxyl groups is 2. The van der Waals surface area contributed by atoms with Gasteiger partial charge in [0, 0.05) is 19.0 Å². The zero-order valence-electron chi connectivity index (χ0n) is 13.0. The summed E-state index contributed by atoms with van der Waals surface area (Å²) in [4.78, 5) is 15.3. The van der Waals surface area contributed by atoms with Gasteiger partial charge in [-0.25, -0.2) is 4.98 Å². The predicted molar refractivity (Wildman–Crippen MR) is 85.8 cm³/mol. The van der Waals surface area contributed by atoms with Gasteiger partial charge in [0.25, 0.3) is 0 Å². The standard InChI is InChI=1S/C15H22N6O2/c16-14-18-12(20-6-1-2-7-20)11-13(19-14)21(9-17-11)15(23)5-3-4-10(15)8-22/h9-10,22-23H,1-8H2,(H2,16,18,19). The molecule has 0 aromatic carbocycles. The highest BCUT2D eigenvalue weighted by molar-refractivity contribution is 5.85. The van der Waals surface area contributed by atoms with Crippen LogP contribution in [-0.2, 0) is 5.72 Å². The lowest BCUT2D eigenvalue weighted by Gasteiger charge is -2.30. The fourth-order valence-electron chi connectivity index (χ4n) is 3.93. The molecule has 3 heterocycles. The summed E-state index contributed by atoms with van der Waals surface area (Å²) in [6.45, 7) is 1.81. The Labute approximate surface area is 134 Å². The van der Waals surface area contributed by atoms with Gasteiger partial charge in [0.1, 0.15) is 5.72 Å². The maximum atomic E-state index is 11.1. The van der Waals surface area contributed by atoms with E-state index in [9.17, 15) is 10.2 Å². The number of hydrogen-bond acceptors (Lipinski definition) is 7. The highest BCUT2D eigenvalue weighted by atomic mass is 16.3. The van der Waals surface area contributed by atoms with Gasteiger partial charge in [-0.05, 0) is 32.1 Å². The van der Waals surface area contributed by atoms with Crippen molar-refractivity contribution in [3.63, 3.8) is 0 Å². The molecule has 8 heteroatoms. The molecular formula is C15H22N6O2. The lowest BCUT2D eigenvalue weighted by molar-refractivity contribution is -0.0844. The average molecular weight is 318 g/mol. The van der Waals surface area contributed by atoms with Gasteiger partial charge in [0.2, 0.25) is 5.95 Å². The second kappa shape index (κ2) is 5.31. The minimum atomic E-state index is -1.16. The van der Waals surface area contributed by atoms with E-state index in [-0.39, 0.29) is 18.5 Å². The number of hydrogen-bond donors (Lipinski definition) is 3. The third kappa shape index (κ3) is 2.16. The molecule has 0 radical (unpaired) electrons. The second-order valence-electron chi connectivity index (χ2n) is 6.54. The third-order valence-corrected chi connectivity index (χ3v) is 5.19. The van der Waals surface area contributed by atoms with Crippen molar-refractivity contribution >= 4 is 22.9 Å². The highest BCUT2D eigenvalue weighted by Gasteiger charge is 2.43. The lowest BCUT2D eigenvalue weighted by atomic mass is 10.0. The van der Waals surface area contributed by atoms with Crippen molar-refractivity contribution in [2.45, 2.75) is 37.8 Å². The van der Waals surface area contributed by atoms with E-state index in [0.717, 1.165) is 44.6 Å². The Hall–Kier alpha value is -1.93. The number of imidazole rings is 1. The molecule has 8 nitrogen and oxygen atoms in total. The smallest absolute Gasteiger partial charge is 0.224 e. The summed E-state index contributed by atoms with van der Waals surface area (Å²) in [5.41, 5.74) is 5.96. The van der Waals surface area contributed by atoms with Crippen molar-refractivity contribution in [2.75, 3.05) is 30.3 Å². The molecule has 1 saturated carbocycles. The first-order valence-corrected chi connectivity index (χ1v) is 8.22. The Kier molecular flexibility index (Phi) is 3.38. The Morgan fingerprint density at radius 2 is 2.04 bits per heavy atom. The number of nitrogens with two attached hydrogens (primary N) is 1. The first kappa shape index (κ1) is 14.6. The molecule has 1 aliphatic heterocycles. The van der Waals surface area contributed by atoms with Crippen LogP contribution in [0.1, 0.15) is 32.1 Å². The molecule has 2 aromatic rings. The molecule has 0 amide bonds. The van der Waals surface area contributed by atoms with Crippen molar-refractivity contribution in [1.29, 1.82) is 0 Å². The predicted octanol–water partition coefficient (Wildman–Crippen LogP) is 0.446. The van der Waals surface area contributed by atoms with Crippen molar-refractivity contribution in [3.05, 3.63) is 6.33 Å². The molecule has 1 aliphatic carbocycles. The highest BCUT2D eigenvalue weighted by Crippen LogP contribution is 2.41. The summed E-state index contributed by atoms with van der Waals surface area (Å²) >= 11 is 0. The van der Waals surface area contributed by atoms with Crippen molar-refractivity contribution in [1.82, 2.24) is 19.5 Å². The molecule has 23 heavy (non-hydrogen) atoms. The van der Waals surface area contributed by atoms with Crippen molar-refractivity contribution in [2.24, 2.45) is 5.92 Å². The molecule has 4 rings (SSSR count). The van der Waals surface area contributed by atoms with Crippen LogP contribution in [0.25, 0.3) is 11.2 Å². The van der Waals surface area contributed by atoms with Crippen molar-refractivity contribution in [3.8, 4) is 0 Å². The summed E-state index contributed by atoms with van der Waals surface area (Å²) in [7, 11) is 0. The molecule has 2 unspecified atom stereocenters. The first-order valence-electron chi connectivity index (χ1n) is 8.22. The zero-order chi connectivity index (χ0) is 16.0. The fraction of sp³-hybridized carbons (Fsp3) is 0.667. The van der Waals surface area contributed by atoms with Crippen LogP contribution >= 0.6 is 0 Å². The minimum Gasteiger partial charge on any atom is -0.396 e. The number of aromatic nitrogens is 4. The third-order valence-electron chi connectivity index (χ3n) is 5.19. The fourth-order valence-corrected chi connectivity index (χ4v) is 3.93. The Bertz CT molecular complexity index is 726. The first-order chi connectivity index (χ1) is 11.1.